The highest BCUT2D eigenvalue weighted by Crippen LogP contribution is 2.33. The van der Waals surface area contributed by atoms with E-state index in [1.54, 1.807) is 16.4 Å². The van der Waals surface area contributed by atoms with E-state index in [-0.39, 0.29) is 5.25 Å². The summed E-state index contributed by atoms with van der Waals surface area (Å²) >= 11 is 8.43. The van der Waals surface area contributed by atoms with Crippen molar-refractivity contribution in [2.75, 3.05) is 0 Å². The lowest BCUT2D eigenvalue weighted by atomic mass is 9.99. The molecule has 2 aromatic rings. The number of Topliss-reactive ketones (excluding diaryl/α,β-unsaturated/α-hetero) is 1. The number of carbonyl (C=O) groups excluding carboxylic acids is 1. The van der Waals surface area contributed by atoms with Gasteiger partial charge in [-0.2, -0.15) is 0 Å². The maximum atomic E-state index is 11.9. The van der Waals surface area contributed by atoms with E-state index in [0.29, 0.717) is 12.2 Å². The fourth-order valence-corrected chi connectivity index (χ4v) is 4.97. The average molecular weight is 322 g/mol. The molecule has 0 spiro atoms. The van der Waals surface area contributed by atoms with Crippen LogP contribution in [0.2, 0.25) is 0 Å². The van der Waals surface area contributed by atoms with Gasteiger partial charge in [0.25, 0.3) is 0 Å². The summed E-state index contributed by atoms with van der Waals surface area (Å²) in [6.07, 6.45) is 3.84. The summed E-state index contributed by atoms with van der Waals surface area (Å²) < 4.78 is 3.39. The number of benzene rings is 1. The summed E-state index contributed by atoms with van der Waals surface area (Å²) in [4.78, 5) is 11.9. The lowest BCUT2D eigenvalue weighted by Crippen LogP contribution is -2.21. The van der Waals surface area contributed by atoms with E-state index in [9.17, 15) is 4.79 Å². The Kier molecular flexibility index (Phi) is 4.33. The summed E-state index contributed by atoms with van der Waals surface area (Å²) in [6, 6.07) is 9.86. The van der Waals surface area contributed by atoms with Crippen LogP contribution >= 0.6 is 35.3 Å². The maximum absolute atomic E-state index is 11.9. The lowest BCUT2D eigenvalue weighted by molar-refractivity contribution is -0.119. The minimum absolute atomic E-state index is 0.0634. The Bertz CT molecular complexity index is 663. The van der Waals surface area contributed by atoms with Crippen LogP contribution in [0.1, 0.15) is 25.7 Å². The molecular weight excluding hydrogens is 308 g/mol. The topological polar surface area (TPSA) is 34.9 Å². The second-order valence-corrected chi connectivity index (χ2v) is 7.77. The molecule has 3 rings (SSSR count). The van der Waals surface area contributed by atoms with E-state index in [0.717, 1.165) is 33.2 Å². The highest BCUT2D eigenvalue weighted by Gasteiger charge is 2.24. The highest BCUT2D eigenvalue weighted by molar-refractivity contribution is 8.02. The van der Waals surface area contributed by atoms with Crippen LogP contribution < -0.4 is 0 Å². The molecule has 0 radical (unpaired) electrons. The van der Waals surface area contributed by atoms with Gasteiger partial charge in [0.05, 0.1) is 10.9 Å². The van der Waals surface area contributed by atoms with Crippen LogP contribution in [0.15, 0.2) is 34.7 Å². The van der Waals surface area contributed by atoms with Gasteiger partial charge in [0.1, 0.15) is 5.78 Å². The molecule has 104 valence electrons. The molecule has 0 saturated heterocycles. The van der Waals surface area contributed by atoms with Crippen molar-refractivity contribution in [3.63, 3.8) is 0 Å². The second kappa shape index (κ2) is 6.20. The molecule has 0 unspecified atom stereocenters. The van der Waals surface area contributed by atoms with Gasteiger partial charge in [-0.25, -0.2) is 4.68 Å². The molecule has 0 N–H and O–H groups in total. The van der Waals surface area contributed by atoms with Gasteiger partial charge < -0.3 is 0 Å². The van der Waals surface area contributed by atoms with Gasteiger partial charge in [0, 0.05) is 6.42 Å². The van der Waals surface area contributed by atoms with Crippen molar-refractivity contribution in [2.45, 2.75) is 35.3 Å². The van der Waals surface area contributed by atoms with Crippen molar-refractivity contribution in [1.29, 1.82) is 0 Å². The Morgan fingerprint density at radius 3 is 2.85 bits per heavy atom. The van der Waals surface area contributed by atoms with Gasteiger partial charge in [-0.1, -0.05) is 47.7 Å². The minimum atomic E-state index is 0.0634. The first-order valence-corrected chi connectivity index (χ1v) is 8.69. The Morgan fingerprint density at radius 2 is 2.10 bits per heavy atom. The van der Waals surface area contributed by atoms with Crippen LogP contribution in [0.5, 0.6) is 0 Å². The zero-order valence-electron chi connectivity index (χ0n) is 10.8. The number of para-hydroxylation sites is 1. The van der Waals surface area contributed by atoms with Crippen molar-refractivity contribution in [2.24, 2.45) is 0 Å². The van der Waals surface area contributed by atoms with E-state index in [2.05, 4.69) is 5.10 Å². The van der Waals surface area contributed by atoms with Crippen molar-refractivity contribution in [3.05, 3.63) is 34.3 Å². The molecule has 1 fully saturated rings. The molecule has 0 bridgehead atoms. The molecule has 0 aliphatic heterocycles. The van der Waals surface area contributed by atoms with Gasteiger partial charge in [0.15, 0.2) is 8.29 Å². The quantitative estimate of drug-likeness (QED) is 0.791. The number of nitrogens with zero attached hydrogens (tertiary/aromatic N) is 2. The number of carbonyl (C=O) groups is 1. The number of aromatic nitrogens is 2. The Morgan fingerprint density at radius 1 is 1.30 bits per heavy atom. The molecular formula is C14H14N2OS3. The van der Waals surface area contributed by atoms with Crippen molar-refractivity contribution >= 4 is 41.1 Å². The zero-order chi connectivity index (χ0) is 13.9. The van der Waals surface area contributed by atoms with E-state index in [1.807, 2.05) is 30.3 Å². The molecule has 1 saturated carbocycles. The van der Waals surface area contributed by atoms with Crippen molar-refractivity contribution < 1.29 is 4.79 Å². The fraction of sp³-hybridized carbons (Fsp3) is 0.357. The molecule has 0 amide bonds. The number of rotatable bonds is 3. The predicted octanol–water partition coefficient (Wildman–Crippen LogP) is 4.27. The Labute approximate surface area is 131 Å². The minimum Gasteiger partial charge on any atom is -0.298 e. The van der Waals surface area contributed by atoms with E-state index in [1.165, 1.54) is 11.3 Å². The van der Waals surface area contributed by atoms with Crippen LogP contribution in [0.4, 0.5) is 0 Å². The van der Waals surface area contributed by atoms with E-state index < -0.39 is 0 Å². The molecule has 3 nitrogen and oxygen atoms in total. The third-order valence-corrected chi connectivity index (χ3v) is 5.90. The summed E-state index contributed by atoms with van der Waals surface area (Å²) in [5, 5.41) is 4.61. The summed E-state index contributed by atoms with van der Waals surface area (Å²) in [6.45, 7) is 0. The summed E-state index contributed by atoms with van der Waals surface area (Å²) in [5.41, 5.74) is 0.968. The van der Waals surface area contributed by atoms with Gasteiger partial charge in [-0.05, 0) is 37.2 Å². The van der Waals surface area contributed by atoms with Crippen molar-refractivity contribution in [1.82, 2.24) is 9.78 Å². The van der Waals surface area contributed by atoms with Crippen molar-refractivity contribution in [3.8, 4) is 5.69 Å². The Balaban J connectivity index is 1.82. The molecule has 6 heteroatoms. The first-order chi connectivity index (χ1) is 9.74. The fourth-order valence-electron chi connectivity index (χ4n) is 2.24. The van der Waals surface area contributed by atoms with E-state index in [4.69, 9.17) is 12.2 Å². The first kappa shape index (κ1) is 14.0. The average Bonchev–Trinajstić information content (AvgIpc) is 2.83. The van der Waals surface area contributed by atoms with Gasteiger partial charge in [-0.15, -0.1) is 5.10 Å². The van der Waals surface area contributed by atoms with Crippen LogP contribution in [0, 0.1) is 3.95 Å². The predicted molar refractivity (Wildman–Crippen MR) is 85.4 cm³/mol. The normalized spacial score (nSPS) is 19.2. The number of hydrogen-bond donors (Lipinski definition) is 0. The summed E-state index contributed by atoms with van der Waals surface area (Å²) in [5.74, 6) is 0.355. The van der Waals surface area contributed by atoms with Gasteiger partial charge in [0.2, 0.25) is 0 Å². The SMILES string of the molecule is O=C1CCCC[C@H]1Sc1nn(-c2ccccc2)c(=S)s1. The molecule has 1 aromatic heterocycles. The van der Waals surface area contributed by atoms with Crippen LogP contribution in [-0.4, -0.2) is 20.8 Å². The highest BCUT2D eigenvalue weighted by atomic mass is 32.2. The Hall–Kier alpha value is -0.980. The number of thioether (sulfide) groups is 1. The molecule has 1 atom stereocenters. The standard InChI is InChI=1S/C14H14N2OS3/c17-11-8-4-5-9-12(11)19-13-15-16(14(18)20-13)10-6-2-1-3-7-10/h1-3,6-7,12H,4-5,8-9H2/t12-/m1/s1. The molecule has 1 aromatic carbocycles. The van der Waals surface area contributed by atoms with Crippen LogP contribution in [-0.2, 0) is 4.79 Å². The molecule has 1 aliphatic carbocycles. The molecule has 1 aliphatic rings. The monoisotopic (exact) mass is 322 g/mol. The van der Waals surface area contributed by atoms with Gasteiger partial charge >= 0.3 is 0 Å². The number of ketones is 1. The first-order valence-electron chi connectivity index (χ1n) is 6.59. The van der Waals surface area contributed by atoms with Crippen LogP contribution in [0.3, 0.4) is 0 Å². The lowest BCUT2D eigenvalue weighted by Gasteiger charge is -2.18. The van der Waals surface area contributed by atoms with Gasteiger partial charge in [-0.3, -0.25) is 4.79 Å². The second-order valence-electron chi connectivity index (χ2n) is 4.70. The third-order valence-electron chi connectivity index (χ3n) is 3.27. The molecule has 20 heavy (non-hydrogen) atoms. The largest absolute Gasteiger partial charge is 0.298 e. The molecule has 1 heterocycles. The van der Waals surface area contributed by atoms with Crippen LogP contribution in [0.25, 0.3) is 5.69 Å². The number of hydrogen-bond acceptors (Lipinski definition) is 5. The third kappa shape index (κ3) is 3.02. The maximum Gasteiger partial charge on any atom is 0.184 e. The zero-order valence-corrected chi connectivity index (χ0v) is 13.3. The summed E-state index contributed by atoms with van der Waals surface area (Å²) in [7, 11) is 0. The van der Waals surface area contributed by atoms with E-state index >= 15 is 0 Å². The smallest absolute Gasteiger partial charge is 0.184 e.